The predicted molar refractivity (Wildman–Crippen MR) is 119 cm³/mol. The van der Waals surface area contributed by atoms with E-state index in [9.17, 15) is 4.79 Å². The normalized spacial score (nSPS) is 12.1. The summed E-state index contributed by atoms with van der Waals surface area (Å²) in [5.74, 6) is 0.931. The molecule has 154 valence electrons. The van der Waals surface area contributed by atoms with Gasteiger partial charge in [0.1, 0.15) is 10.8 Å². The van der Waals surface area contributed by atoms with Crippen LogP contribution in [0.1, 0.15) is 19.7 Å². The number of nitrogens with one attached hydrogen (secondary N) is 1. The standard InChI is InChI=1S/C20H17Cl2N5O2S/c1-3-17-24-25-20-27(17)26-19(30-20)12-4-7-14(8-5-12)23-18(28)11(2)29-16-9-6-13(21)10-15(16)22/h4-11H,3H2,1-2H3,(H,23,28). The monoisotopic (exact) mass is 461 g/mol. The number of aromatic nitrogens is 4. The van der Waals surface area contributed by atoms with Crippen molar-refractivity contribution in [2.24, 2.45) is 0 Å². The molecule has 0 bridgehead atoms. The van der Waals surface area contributed by atoms with E-state index < -0.39 is 6.10 Å². The Morgan fingerprint density at radius 2 is 1.97 bits per heavy atom. The average molecular weight is 462 g/mol. The maximum atomic E-state index is 12.5. The lowest BCUT2D eigenvalue weighted by atomic mass is 10.2. The Hall–Kier alpha value is -2.68. The van der Waals surface area contributed by atoms with Crippen LogP contribution >= 0.6 is 34.5 Å². The molecule has 0 aliphatic rings. The molecule has 0 fully saturated rings. The van der Waals surface area contributed by atoms with Gasteiger partial charge in [-0.25, -0.2) is 0 Å². The molecule has 4 aromatic rings. The average Bonchev–Trinajstić information content (AvgIpc) is 3.31. The van der Waals surface area contributed by atoms with E-state index in [0.717, 1.165) is 27.8 Å². The molecule has 2 aromatic carbocycles. The second-order valence-corrected chi connectivity index (χ2v) is 8.27. The van der Waals surface area contributed by atoms with E-state index in [4.69, 9.17) is 27.9 Å². The number of ether oxygens (including phenoxy) is 1. The molecule has 0 aliphatic carbocycles. The first kappa shape index (κ1) is 20.6. The van der Waals surface area contributed by atoms with Gasteiger partial charge in [0.25, 0.3) is 5.91 Å². The first-order chi connectivity index (χ1) is 14.4. The number of rotatable bonds is 6. The molecule has 7 nitrogen and oxygen atoms in total. The number of carbonyl (C=O) groups excluding carboxylic acids is 1. The van der Waals surface area contributed by atoms with Crippen LogP contribution < -0.4 is 10.1 Å². The van der Waals surface area contributed by atoms with Gasteiger partial charge in [0.2, 0.25) is 4.96 Å². The summed E-state index contributed by atoms with van der Waals surface area (Å²) in [7, 11) is 0. The Morgan fingerprint density at radius 3 is 2.67 bits per heavy atom. The largest absolute Gasteiger partial charge is 0.479 e. The van der Waals surface area contributed by atoms with Crippen LogP contribution in [0.5, 0.6) is 5.75 Å². The molecule has 0 spiro atoms. The van der Waals surface area contributed by atoms with Gasteiger partial charge in [0, 0.05) is 22.7 Å². The minimum Gasteiger partial charge on any atom is -0.479 e. The van der Waals surface area contributed by atoms with Gasteiger partial charge in [-0.15, -0.1) is 10.2 Å². The Bertz CT molecular complexity index is 1210. The fourth-order valence-electron chi connectivity index (χ4n) is 2.75. The van der Waals surface area contributed by atoms with Crippen LogP contribution in [0.25, 0.3) is 15.5 Å². The Kier molecular flexibility index (Phi) is 5.90. The zero-order chi connectivity index (χ0) is 21.3. The summed E-state index contributed by atoms with van der Waals surface area (Å²) in [5.41, 5.74) is 1.58. The maximum Gasteiger partial charge on any atom is 0.265 e. The van der Waals surface area contributed by atoms with Crippen molar-refractivity contribution in [2.45, 2.75) is 26.4 Å². The zero-order valence-corrected chi connectivity index (χ0v) is 18.4. The predicted octanol–water partition coefficient (Wildman–Crippen LogP) is 5.13. The Morgan fingerprint density at radius 1 is 1.20 bits per heavy atom. The molecule has 30 heavy (non-hydrogen) atoms. The number of amides is 1. The number of fused-ring (bicyclic) bond motifs is 1. The zero-order valence-electron chi connectivity index (χ0n) is 16.1. The smallest absolute Gasteiger partial charge is 0.265 e. The number of benzene rings is 2. The highest BCUT2D eigenvalue weighted by molar-refractivity contribution is 7.19. The highest BCUT2D eigenvalue weighted by Crippen LogP contribution is 2.29. The third-order valence-electron chi connectivity index (χ3n) is 4.34. The van der Waals surface area contributed by atoms with Gasteiger partial charge in [-0.3, -0.25) is 4.79 Å². The van der Waals surface area contributed by atoms with Crippen LogP contribution in [0.2, 0.25) is 10.0 Å². The molecule has 4 rings (SSSR count). The summed E-state index contributed by atoms with van der Waals surface area (Å²) >= 11 is 13.4. The second-order valence-electron chi connectivity index (χ2n) is 6.47. The number of halogens is 2. The van der Waals surface area contributed by atoms with E-state index in [1.54, 1.807) is 29.6 Å². The van der Waals surface area contributed by atoms with Crippen molar-refractivity contribution in [3.05, 3.63) is 58.3 Å². The van der Waals surface area contributed by atoms with Crippen molar-refractivity contribution in [1.82, 2.24) is 19.8 Å². The third-order valence-corrected chi connectivity index (χ3v) is 5.82. The van der Waals surface area contributed by atoms with Crippen LogP contribution in [0, 0.1) is 0 Å². The highest BCUT2D eigenvalue weighted by atomic mass is 35.5. The third kappa shape index (κ3) is 4.26. The van der Waals surface area contributed by atoms with Gasteiger partial charge < -0.3 is 10.1 Å². The molecular formula is C20H17Cl2N5O2S. The van der Waals surface area contributed by atoms with Crippen LogP contribution in [0.3, 0.4) is 0 Å². The van der Waals surface area contributed by atoms with Gasteiger partial charge in [-0.2, -0.15) is 9.61 Å². The summed E-state index contributed by atoms with van der Waals surface area (Å²) in [4.78, 5) is 13.2. The Labute approximate surface area is 186 Å². The van der Waals surface area contributed by atoms with Crippen molar-refractivity contribution in [1.29, 1.82) is 0 Å². The molecule has 1 atom stereocenters. The van der Waals surface area contributed by atoms with Gasteiger partial charge >= 0.3 is 0 Å². The summed E-state index contributed by atoms with van der Waals surface area (Å²) in [5, 5.41) is 17.3. The topological polar surface area (TPSA) is 81.4 Å². The number of nitrogens with zero attached hydrogens (tertiary/aromatic N) is 4. The molecule has 0 aliphatic heterocycles. The van der Waals surface area contributed by atoms with Gasteiger partial charge in [-0.1, -0.05) is 41.5 Å². The van der Waals surface area contributed by atoms with Gasteiger partial charge in [0.15, 0.2) is 11.9 Å². The van der Waals surface area contributed by atoms with Crippen molar-refractivity contribution in [3.63, 3.8) is 0 Å². The quantitative estimate of drug-likeness (QED) is 0.430. The van der Waals surface area contributed by atoms with E-state index in [1.165, 1.54) is 11.3 Å². The van der Waals surface area contributed by atoms with Crippen LogP contribution in [0.15, 0.2) is 42.5 Å². The molecule has 1 unspecified atom stereocenters. The highest BCUT2D eigenvalue weighted by Gasteiger charge is 2.17. The molecular weight excluding hydrogens is 445 g/mol. The van der Waals surface area contributed by atoms with Crippen molar-refractivity contribution < 1.29 is 9.53 Å². The molecule has 0 saturated carbocycles. The van der Waals surface area contributed by atoms with E-state index >= 15 is 0 Å². The van der Waals surface area contributed by atoms with Gasteiger partial charge in [-0.05, 0) is 49.4 Å². The van der Waals surface area contributed by atoms with E-state index in [2.05, 4.69) is 20.6 Å². The fourth-order valence-corrected chi connectivity index (χ4v) is 4.07. The number of anilines is 1. The van der Waals surface area contributed by atoms with Gasteiger partial charge in [0.05, 0.1) is 5.02 Å². The molecule has 1 amide bonds. The molecule has 0 saturated heterocycles. The SMILES string of the molecule is CCc1nnc2sc(-c3ccc(NC(=O)C(C)Oc4ccc(Cl)cc4Cl)cc3)nn12. The minimum atomic E-state index is -0.741. The molecule has 2 aromatic heterocycles. The summed E-state index contributed by atoms with van der Waals surface area (Å²) in [6.07, 6.45) is 0.0200. The molecule has 2 heterocycles. The van der Waals surface area contributed by atoms with Crippen LogP contribution in [-0.2, 0) is 11.2 Å². The van der Waals surface area contributed by atoms with E-state index in [0.29, 0.717) is 21.5 Å². The summed E-state index contributed by atoms with van der Waals surface area (Å²) in [6.45, 7) is 3.66. The van der Waals surface area contributed by atoms with Crippen molar-refractivity contribution in [2.75, 3.05) is 5.32 Å². The lowest BCUT2D eigenvalue weighted by Crippen LogP contribution is -2.30. The second kappa shape index (κ2) is 8.59. The number of hydrogen-bond donors (Lipinski definition) is 1. The lowest BCUT2D eigenvalue weighted by molar-refractivity contribution is -0.122. The van der Waals surface area contributed by atoms with Crippen molar-refractivity contribution >= 4 is 51.1 Å². The number of hydrogen-bond acceptors (Lipinski definition) is 6. The summed E-state index contributed by atoms with van der Waals surface area (Å²) < 4.78 is 7.41. The van der Waals surface area contributed by atoms with E-state index in [1.807, 2.05) is 31.2 Å². The first-order valence-electron chi connectivity index (χ1n) is 9.18. The molecule has 1 N–H and O–H groups in total. The number of carbonyl (C=O) groups is 1. The van der Waals surface area contributed by atoms with Crippen LogP contribution in [0.4, 0.5) is 5.69 Å². The first-order valence-corrected chi connectivity index (χ1v) is 10.8. The summed E-state index contributed by atoms with van der Waals surface area (Å²) in [6, 6.07) is 12.3. The maximum absolute atomic E-state index is 12.5. The Balaban J connectivity index is 1.43. The lowest BCUT2D eigenvalue weighted by Gasteiger charge is -2.16. The van der Waals surface area contributed by atoms with E-state index in [-0.39, 0.29) is 5.91 Å². The molecule has 0 radical (unpaired) electrons. The molecule has 10 heteroatoms. The van der Waals surface area contributed by atoms with Crippen LogP contribution in [-0.4, -0.2) is 31.8 Å². The fraction of sp³-hybridized carbons (Fsp3) is 0.200. The van der Waals surface area contributed by atoms with Crippen molar-refractivity contribution in [3.8, 4) is 16.3 Å². The number of aryl methyl sites for hydroxylation is 1. The minimum absolute atomic E-state index is 0.292.